The summed E-state index contributed by atoms with van der Waals surface area (Å²) < 4.78 is 0. The van der Waals surface area contributed by atoms with E-state index in [4.69, 9.17) is 5.73 Å². The molecule has 1 aromatic rings. The van der Waals surface area contributed by atoms with Crippen molar-refractivity contribution in [3.05, 3.63) is 35.9 Å². The summed E-state index contributed by atoms with van der Waals surface area (Å²) in [6.45, 7) is 6.76. The molecule has 116 valence electrons. The van der Waals surface area contributed by atoms with Gasteiger partial charge in [0.15, 0.2) is 0 Å². The molecule has 0 aliphatic rings. The minimum Gasteiger partial charge on any atom is -0.325 e. The van der Waals surface area contributed by atoms with Crippen LogP contribution in [0.1, 0.15) is 77.2 Å². The van der Waals surface area contributed by atoms with Gasteiger partial charge in [-0.25, -0.2) is 0 Å². The fourth-order valence-corrected chi connectivity index (χ4v) is 3.28. The van der Waals surface area contributed by atoms with Gasteiger partial charge in [0.1, 0.15) is 0 Å². The van der Waals surface area contributed by atoms with Crippen LogP contribution < -0.4 is 5.73 Å². The van der Waals surface area contributed by atoms with Gasteiger partial charge >= 0.3 is 0 Å². The Morgan fingerprint density at radius 3 is 1.95 bits per heavy atom. The van der Waals surface area contributed by atoms with Crippen molar-refractivity contribution in [3.63, 3.8) is 0 Å². The van der Waals surface area contributed by atoms with Crippen LogP contribution >= 0.6 is 12.4 Å². The number of rotatable bonds is 9. The van der Waals surface area contributed by atoms with E-state index in [1.165, 1.54) is 37.7 Å². The van der Waals surface area contributed by atoms with Crippen molar-refractivity contribution in [3.8, 4) is 0 Å². The fraction of sp³-hybridized carbons (Fsp3) is 0.667. The van der Waals surface area contributed by atoms with Crippen molar-refractivity contribution in [1.82, 2.24) is 0 Å². The Morgan fingerprint density at radius 1 is 0.950 bits per heavy atom. The first kappa shape index (κ1) is 19.5. The van der Waals surface area contributed by atoms with Gasteiger partial charge in [0.2, 0.25) is 0 Å². The van der Waals surface area contributed by atoms with Crippen molar-refractivity contribution in [2.75, 3.05) is 0 Å². The van der Waals surface area contributed by atoms with Gasteiger partial charge in [-0.15, -0.1) is 12.4 Å². The van der Waals surface area contributed by atoms with E-state index >= 15 is 0 Å². The molecule has 0 radical (unpaired) electrons. The molecule has 0 bridgehead atoms. The first-order valence-corrected chi connectivity index (χ1v) is 8.01. The molecule has 1 aromatic carbocycles. The van der Waals surface area contributed by atoms with Gasteiger partial charge in [0.25, 0.3) is 0 Å². The molecule has 2 N–H and O–H groups in total. The van der Waals surface area contributed by atoms with Crippen LogP contribution in [0.4, 0.5) is 0 Å². The van der Waals surface area contributed by atoms with E-state index in [-0.39, 0.29) is 17.9 Å². The summed E-state index contributed by atoms with van der Waals surface area (Å²) in [7, 11) is 0. The zero-order chi connectivity index (χ0) is 14.1. The van der Waals surface area contributed by atoms with E-state index < -0.39 is 0 Å². The zero-order valence-electron chi connectivity index (χ0n) is 13.4. The molecule has 1 nitrogen and oxygen atoms in total. The van der Waals surface area contributed by atoms with Crippen molar-refractivity contribution < 1.29 is 0 Å². The largest absolute Gasteiger partial charge is 0.325 e. The Morgan fingerprint density at radius 2 is 1.50 bits per heavy atom. The maximum absolute atomic E-state index is 6.84. The number of nitrogens with two attached hydrogens (primary N) is 1. The molecular formula is C18H32ClN. The van der Waals surface area contributed by atoms with E-state index in [0.29, 0.717) is 5.92 Å². The molecule has 0 amide bonds. The van der Waals surface area contributed by atoms with Gasteiger partial charge in [-0.1, -0.05) is 76.8 Å². The highest BCUT2D eigenvalue weighted by Gasteiger charge is 2.33. The minimum atomic E-state index is -0.0278. The molecule has 0 aliphatic heterocycles. The molecule has 0 saturated carbocycles. The van der Waals surface area contributed by atoms with Gasteiger partial charge in [0, 0.05) is 11.5 Å². The lowest BCUT2D eigenvalue weighted by molar-refractivity contribution is 0.277. The van der Waals surface area contributed by atoms with E-state index in [1.54, 1.807) is 0 Å². The summed E-state index contributed by atoms with van der Waals surface area (Å²) in [6.07, 6.45) is 8.34. The van der Waals surface area contributed by atoms with E-state index in [2.05, 4.69) is 51.1 Å². The molecule has 0 heterocycles. The number of hydrogen-bond acceptors (Lipinski definition) is 1. The molecule has 2 heteroatoms. The summed E-state index contributed by atoms with van der Waals surface area (Å²) in [4.78, 5) is 0. The van der Waals surface area contributed by atoms with Crippen molar-refractivity contribution in [2.45, 2.75) is 77.2 Å². The predicted octanol–water partition coefficient (Wildman–Crippen LogP) is 5.68. The standard InChI is InChI=1S/C18H31N.ClH/c1-4-7-13-17(16-11-9-8-10-12-16)18(19,14-5-2)15-6-3;/h8-12,17H,4-7,13-15,19H2,1-3H3;1H. The lowest BCUT2D eigenvalue weighted by Crippen LogP contribution is -2.45. The zero-order valence-corrected chi connectivity index (χ0v) is 14.2. The summed E-state index contributed by atoms with van der Waals surface area (Å²) in [6, 6.07) is 10.9. The Kier molecular flexibility index (Phi) is 9.96. The van der Waals surface area contributed by atoms with Crippen LogP contribution in [0, 0.1) is 0 Å². The molecule has 1 atom stereocenters. The summed E-state index contributed by atoms with van der Waals surface area (Å²) >= 11 is 0. The lowest BCUT2D eigenvalue weighted by atomic mass is 9.72. The summed E-state index contributed by atoms with van der Waals surface area (Å²) in [5.41, 5.74) is 8.24. The predicted molar refractivity (Wildman–Crippen MR) is 92.7 cm³/mol. The lowest BCUT2D eigenvalue weighted by Gasteiger charge is -2.38. The Hall–Kier alpha value is -0.530. The highest BCUT2D eigenvalue weighted by Crippen LogP contribution is 2.37. The minimum absolute atomic E-state index is 0. The van der Waals surface area contributed by atoms with Gasteiger partial charge in [0.05, 0.1) is 0 Å². The SMILES string of the molecule is CCCCC(c1ccccc1)C(N)(CCC)CCC.Cl. The maximum Gasteiger partial charge on any atom is 0.0223 e. The second kappa shape index (κ2) is 10.2. The van der Waals surface area contributed by atoms with Gasteiger partial charge in [-0.05, 0) is 24.8 Å². The molecule has 20 heavy (non-hydrogen) atoms. The van der Waals surface area contributed by atoms with Crippen LogP contribution in [0.2, 0.25) is 0 Å². The van der Waals surface area contributed by atoms with Crippen molar-refractivity contribution in [2.24, 2.45) is 5.73 Å². The second-order valence-corrected chi connectivity index (χ2v) is 5.84. The molecule has 0 fully saturated rings. The summed E-state index contributed by atoms with van der Waals surface area (Å²) in [5.74, 6) is 0.508. The van der Waals surface area contributed by atoms with Gasteiger partial charge < -0.3 is 5.73 Å². The third-order valence-corrected chi connectivity index (χ3v) is 4.17. The van der Waals surface area contributed by atoms with Crippen LogP contribution in [-0.2, 0) is 0 Å². The third-order valence-electron chi connectivity index (χ3n) is 4.17. The monoisotopic (exact) mass is 297 g/mol. The highest BCUT2D eigenvalue weighted by molar-refractivity contribution is 5.85. The van der Waals surface area contributed by atoms with E-state index in [9.17, 15) is 0 Å². The smallest absolute Gasteiger partial charge is 0.0223 e. The van der Waals surface area contributed by atoms with E-state index in [0.717, 1.165) is 12.8 Å². The molecule has 0 spiro atoms. The summed E-state index contributed by atoms with van der Waals surface area (Å²) in [5, 5.41) is 0. The third kappa shape index (κ3) is 5.46. The number of unbranched alkanes of at least 4 members (excludes halogenated alkanes) is 1. The van der Waals surface area contributed by atoms with E-state index in [1.807, 2.05) is 0 Å². The topological polar surface area (TPSA) is 26.0 Å². The average Bonchev–Trinajstić information content (AvgIpc) is 2.41. The van der Waals surface area contributed by atoms with Crippen molar-refractivity contribution >= 4 is 12.4 Å². The number of benzene rings is 1. The van der Waals surface area contributed by atoms with Crippen LogP contribution in [-0.4, -0.2) is 5.54 Å². The fourth-order valence-electron chi connectivity index (χ4n) is 3.28. The molecule has 1 unspecified atom stereocenters. The Balaban J connectivity index is 0.00000361. The van der Waals surface area contributed by atoms with Crippen LogP contribution in [0.15, 0.2) is 30.3 Å². The Labute approximate surface area is 131 Å². The first-order chi connectivity index (χ1) is 9.18. The highest BCUT2D eigenvalue weighted by atomic mass is 35.5. The normalized spacial score (nSPS) is 12.8. The quantitative estimate of drug-likeness (QED) is 0.623. The molecular weight excluding hydrogens is 266 g/mol. The number of hydrogen-bond donors (Lipinski definition) is 1. The van der Waals surface area contributed by atoms with Crippen LogP contribution in [0.25, 0.3) is 0 Å². The second-order valence-electron chi connectivity index (χ2n) is 5.84. The van der Waals surface area contributed by atoms with Crippen LogP contribution in [0.3, 0.4) is 0 Å². The molecule has 1 rings (SSSR count). The Bertz CT molecular complexity index is 331. The van der Waals surface area contributed by atoms with Gasteiger partial charge in [-0.3, -0.25) is 0 Å². The molecule has 0 saturated heterocycles. The maximum atomic E-state index is 6.84. The average molecular weight is 298 g/mol. The van der Waals surface area contributed by atoms with Crippen molar-refractivity contribution in [1.29, 1.82) is 0 Å². The molecule has 0 aromatic heterocycles. The van der Waals surface area contributed by atoms with Crippen LogP contribution in [0.5, 0.6) is 0 Å². The number of halogens is 1. The molecule has 0 aliphatic carbocycles. The van der Waals surface area contributed by atoms with Gasteiger partial charge in [-0.2, -0.15) is 0 Å². The first-order valence-electron chi connectivity index (χ1n) is 8.01.